The lowest BCUT2D eigenvalue weighted by molar-refractivity contribution is 0.0524. The van der Waals surface area contributed by atoms with E-state index in [9.17, 15) is 9.59 Å². The number of aromatic nitrogens is 1. The van der Waals surface area contributed by atoms with Crippen molar-refractivity contribution >= 4 is 28.6 Å². The quantitative estimate of drug-likeness (QED) is 0.806. The van der Waals surface area contributed by atoms with Gasteiger partial charge in [0.2, 0.25) is 5.43 Å². The number of carbonyl (C=O) groups excluding carboxylic acids is 1. The Balaban J connectivity index is 1.82. The number of rotatable bonds is 3. The van der Waals surface area contributed by atoms with E-state index in [1.165, 1.54) is 6.07 Å². The van der Waals surface area contributed by atoms with Gasteiger partial charge in [0.25, 0.3) is 0 Å². The van der Waals surface area contributed by atoms with E-state index in [-0.39, 0.29) is 35.7 Å². The van der Waals surface area contributed by atoms with Gasteiger partial charge < -0.3 is 19.9 Å². The van der Waals surface area contributed by atoms with Crippen LogP contribution in [0.25, 0.3) is 17.0 Å². The van der Waals surface area contributed by atoms with Crippen molar-refractivity contribution in [2.24, 2.45) is 5.73 Å². The molecule has 2 N–H and O–H groups in total. The molecular weight excluding hydrogens is 373 g/mol. The molecule has 1 saturated carbocycles. The predicted octanol–water partition coefficient (Wildman–Crippen LogP) is 2.98. The molecule has 2 aromatic rings. The Morgan fingerprint density at radius 2 is 2.14 bits per heavy atom. The van der Waals surface area contributed by atoms with Gasteiger partial charge in [-0.3, -0.25) is 4.79 Å². The van der Waals surface area contributed by atoms with Crippen LogP contribution in [0.5, 0.6) is 0 Å². The number of fused-ring (bicyclic) bond motifs is 5. The second-order valence-electron chi connectivity index (χ2n) is 8.10. The molecule has 1 aliphatic carbocycles. The smallest absolute Gasteiger partial charge is 0.343 e. The molecule has 0 spiro atoms. The summed E-state index contributed by atoms with van der Waals surface area (Å²) in [6.45, 7) is 2.56. The molecule has 0 bridgehead atoms. The maximum atomic E-state index is 15.4. The molecule has 7 heteroatoms. The highest BCUT2D eigenvalue weighted by Crippen LogP contribution is 2.43. The normalized spacial score (nSPS) is 23.1. The molecule has 1 saturated heterocycles. The topological polar surface area (TPSA) is 77.6 Å². The van der Waals surface area contributed by atoms with E-state index in [2.05, 4.69) is 4.90 Å². The molecule has 1 aromatic carbocycles. The fourth-order valence-corrected chi connectivity index (χ4v) is 4.74. The zero-order chi connectivity index (χ0) is 20.3. The Bertz CT molecular complexity index is 1100. The first kappa shape index (κ1) is 18.4. The highest BCUT2D eigenvalue weighted by Gasteiger charge is 2.37. The molecule has 2 atom stereocenters. The molecule has 0 amide bonds. The van der Waals surface area contributed by atoms with Crippen molar-refractivity contribution < 1.29 is 13.9 Å². The average Bonchev–Trinajstić information content (AvgIpc) is 3.49. The first-order valence-corrected chi connectivity index (χ1v) is 10.3. The van der Waals surface area contributed by atoms with E-state index in [0.29, 0.717) is 23.3 Å². The highest BCUT2D eigenvalue weighted by molar-refractivity contribution is 5.99. The largest absolute Gasteiger partial charge is 0.462 e. The summed E-state index contributed by atoms with van der Waals surface area (Å²) < 4.78 is 22.4. The Labute approximate surface area is 167 Å². The number of carbonyl (C=O) groups is 1. The molecule has 0 unspecified atom stereocenters. The Hall–Kier alpha value is -2.67. The summed E-state index contributed by atoms with van der Waals surface area (Å²) in [6, 6.07) is 1.55. The number of nitrogens with zero attached hydrogens (tertiary/aromatic N) is 2. The summed E-state index contributed by atoms with van der Waals surface area (Å²) >= 11 is 0. The first-order valence-electron chi connectivity index (χ1n) is 10.3. The van der Waals surface area contributed by atoms with Crippen molar-refractivity contribution in [3.8, 4) is 0 Å². The van der Waals surface area contributed by atoms with Gasteiger partial charge in [0.1, 0.15) is 11.4 Å². The van der Waals surface area contributed by atoms with Crippen LogP contribution in [-0.4, -0.2) is 35.8 Å². The minimum atomic E-state index is -0.662. The summed E-state index contributed by atoms with van der Waals surface area (Å²) in [5, 5.41) is 0.227. The van der Waals surface area contributed by atoms with Crippen molar-refractivity contribution in [3.63, 3.8) is 0 Å². The van der Waals surface area contributed by atoms with Crippen LogP contribution in [0, 0.1) is 5.82 Å². The minimum Gasteiger partial charge on any atom is -0.462 e. The van der Waals surface area contributed by atoms with Crippen molar-refractivity contribution in [1.82, 2.24) is 4.57 Å². The fourth-order valence-electron chi connectivity index (χ4n) is 4.74. The van der Waals surface area contributed by atoms with Gasteiger partial charge in [-0.25, -0.2) is 9.18 Å². The summed E-state index contributed by atoms with van der Waals surface area (Å²) in [5.74, 6) is -1.11. The molecule has 5 rings (SSSR count). The van der Waals surface area contributed by atoms with E-state index in [1.807, 2.05) is 16.7 Å². The van der Waals surface area contributed by atoms with Gasteiger partial charge in [-0.05, 0) is 38.7 Å². The highest BCUT2D eigenvalue weighted by atomic mass is 19.1. The third kappa shape index (κ3) is 2.79. The molecule has 1 aromatic heterocycles. The Morgan fingerprint density at radius 1 is 1.34 bits per heavy atom. The van der Waals surface area contributed by atoms with Gasteiger partial charge in [-0.15, -0.1) is 0 Å². The minimum absolute atomic E-state index is 0.00230. The van der Waals surface area contributed by atoms with Gasteiger partial charge >= 0.3 is 5.97 Å². The lowest BCUT2D eigenvalue weighted by Crippen LogP contribution is -2.39. The molecule has 3 heterocycles. The van der Waals surface area contributed by atoms with E-state index < -0.39 is 17.2 Å². The lowest BCUT2D eigenvalue weighted by atomic mass is 10.0. The summed E-state index contributed by atoms with van der Waals surface area (Å²) in [5.41, 5.74) is 7.66. The van der Waals surface area contributed by atoms with E-state index >= 15 is 4.39 Å². The van der Waals surface area contributed by atoms with Crippen molar-refractivity contribution in [3.05, 3.63) is 45.5 Å². The van der Waals surface area contributed by atoms with E-state index in [0.717, 1.165) is 25.7 Å². The van der Waals surface area contributed by atoms with E-state index in [4.69, 9.17) is 10.5 Å². The van der Waals surface area contributed by atoms with Gasteiger partial charge in [0.05, 0.1) is 23.2 Å². The van der Waals surface area contributed by atoms with Crippen molar-refractivity contribution in [1.29, 1.82) is 0 Å². The van der Waals surface area contributed by atoms with Gasteiger partial charge in [-0.1, -0.05) is 12.2 Å². The molecule has 0 radical (unpaired) electrons. The number of ether oxygens (including phenoxy) is 1. The number of esters is 1. The second-order valence-corrected chi connectivity index (χ2v) is 8.10. The number of hydrogen-bond acceptors (Lipinski definition) is 5. The van der Waals surface area contributed by atoms with Crippen molar-refractivity contribution in [2.75, 3.05) is 18.1 Å². The maximum Gasteiger partial charge on any atom is 0.343 e. The van der Waals surface area contributed by atoms with Crippen LogP contribution >= 0.6 is 0 Å². The van der Waals surface area contributed by atoms with Crippen LogP contribution < -0.4 is 16.1 Å². The van der Waals surface area contributed by atoms with Gasteiger partial charge in [-0.2, -0.15) is 0 Å². The molecular formula is C22H24FN3O3. The standard InChI is InChI=1S/C22H24FN3O3/c1-2-29-22(28)15-11-26(12-6-7-12)19-13-4-3-5-18-17(24)8-9-25(18)20(13)16(23)10-14(19)21(15)27/h3-4,10-12,17-18H,2,5-9,24H2,1H3/t17-,18-/m1/s1. The monoisotopic (exact) mass is 397 g/mol. The third-order valence-electron chi connectivity index (χ3n) is 6.26. The molecule has 2 aliphatic heterocycles. The summed E-state index contributed by atoms with van der Waals surface area (Å²) in [6.07, 6.45) is 9.02. The van der Waals surface area contributed by atoms with Crippen LogP contribution in [0.3, 0.4) is 0 Å². The lowest BCUT2D eigenvalue weighted by Gasteiger charge is -2.29. The number of halogens is 1. The summed E-state index contributed by atoms with van der Waals surface area (Å²) in [7, 11) is 0. The molecule has 3 aliphatic rings. The molecule has 29 heavy (non-hydrogen) atoms. The van der Waals surface area contributed by atoms with Gasteiger partial charge in [0.15, 0.2) is 0 Å². The first-order chi connectivity index (χ1) is 14.0. The zero-order valence-corrected chi connectivity index (χ0v) is 16.4. The predicted molar refractivity (Wildman–Crippen MR) is 110 cm³/mol. The van der Waals surface area contributed by atoms with Crippen LogP contribution in [0.15, 0.2) is 23.1 Å². The average molecular weight is 397 g/mol. The van der Waals surface area contributed by atoms with Gasteiger partial charge in [0, 0.05) is 36.4 Å². The molecule has 6 nitrogen and oxygen atoms in total. The maximum absolute atomic E-state index is 15.4. The third-order valence-corrected chi connectivity index (χ3v) is 6.26. The van der Waals surface area contributed by atoms with Crippen LogP contribution in [0.2, 0.25) is 0 Å². The Kier molecular flexibility index (Phi) is 4.24. The second kappa shape index (κ2) is 6.69. The Morgan fingerprint density at radius 3 is 2.86 bits per heavy atom. The summed E-state index contributed by atoms with van der Waals surface area (Å²) in [4.78, 5) is 27.5. The number of hydrogen-bond donors (Lipinski definition) is 1. The van der Waals surface area contributed by atoms with E-state index in [1.54, 1.807) is 13.1 Å². The van der Waals surface area contributed by atoms with Crippen LogP contribution in [-0.2, 0) is 4.74 Å². The number of benzene rings is 1. The van der Waals surface area contributed by atoms with Crippen LogP contribution in [0.1, 0.15) is 54.6 Å². The number of nitrogens with two attached hydrogens (primary N) is 1. The molecule has 152 valence electrons. The fraction of sp³-hybridized carbons (Fsp3) is 0.455. The number of anilines is 1. The SMILES string of the molecule is CCOC(=O)c1cn(C2CC2)c2c3c(c(F)cc2c1=O)N1CC[C@@H](N)[C@H]1CC=C3. The molecule has 2 fully saturated rings. The zero-order valence-electron chi connectivity index (χ0n) is 16.4. The van der Waals surface area contributed by atoms with Crippen LogP contribution in [0.4, 0.5) is 10.1 Å². The van der Waals surface area contributed by atoms with Crippen molar-refractivity contribution in [2.45, 2.75) is 50.7 Å². The number of pyridine rings is 1.